The lowest BCUT2D eigenvalue weighted by atomic mass is 9.89. The van der Waals surface area contributed by atoms with Crippen molar-refractivity contribution in [2.75, 3.05) is 19.4 Å². The Labute approximate surface area is 133 Å². The average molecular weight is 327 g/mol. The largest absolute Gasteiger partial charge is 0.494 e. The van der Waals surface area contributed by atoms with Crippen LogP contribution in [0.3, 0.4) is 0 Å². The Balaban J connectivity index is 2.52. The van der Waals surface area contributed by atoms with E-state index < -0.39 is 15.6 Å². The third kappa shape index (κ3) is 3.55. The molecule has 0 aromatic heterocycles. The summed E-state index contributed by atoms with van der Waals surface area (Å²) < 4.78 is 37.4. The average Bonchev–Trinajstić information content (AvgIpc) is 2.38. The van der Waals surface area contributed by atoms with Crippen molar-refractivity contribution < 1.29 is 17.9 Å². The van der Waals surface area contributed by atoms with Gasteiger partial charge in [-0.15, -0.1) is 0 Å². The van der Waals surface area contributed by atoms with Crippen LogP contribution in [0.25, 0.3) is 0 Å². The summed E-state index contributed by atoms with van der Waals surface area (Å²) in [5.74, 6) is 1.46. The van der Waals surface area contributed by atoms with Gasteiger partial charge in [0.1, 0.15) is 17.1 Å². The van der Waals surface area contributed by atoms with Gasteiger partial charge in [0.2, 0.25) is 10.0 Å². The number of nitrogens with zero attached hydrogens (tertiary/aromatic N) is 1. The van der Waals surface area contributed by atoms with E-state index in [0.29, 0.717) is 19.6 Å². The standard InChI is InChI=1S/C16H25NO4S/c1-6-17(22(5,18)19)14-11-16(3,4)21-15-9-8-12(20-7-2)10-13(14)15/h8-10,14H,6-7,11H2,1-5H3. The molecule has 1 unspecified atom stereocenters. The second kappa shape index (κ2) is 6.08. The third-order valence-corrected chi connectivity index (χ3v) is 5.17. The zero-order chi connectivity index (χ0) is 16.5. The summed E-state index contributed by atoms with van der Waals surface area (Å²) in [5.41, 5.74) is 0.459. The summed E-state index contributed by atoms with van der Waals surface area (Å²) >= 11 is 0. The summed E-state index contributed by atoms with van der Waals surface area (Å²) in [7, 11) is -3.30. The van der Waals surface area contributed by atoms with Gasteiger partial charge < -0.3 is 9.47 Å². The lowest BCUT2D eigenvalue weighted by molar-refractivity contribution is 0.0510. The first-order valence-corrected chi connectivity index (χ1v) is 9.45. The summed E-state index contributed by atoms with van der Waals surface area (Å²) in [6.45, 7) is 8.74. The van der Waals surface area contributed by atoms with Gasteiger partial charge in [0.05, 0.1) is 18.9 Å². The molecule has 0 saturated heterocycles. The van der Waals surface area contributed by atoms with Gasteiger partial charge in [0.15, 0.2) is 0 Å². The molecule has 2 rings (SSSR count). The van der Waals surface area contributed by atoms with Crippen molar-refractivity contribution in [1.82, 2.24) is 4.31 Å². The third-order valence-electron chi connectivity index (χ3n) is 3.81. The molecule has 6 heteroatoms. The van der Waals surface area contributed by atoms with Crippen molar-refractivity contribution in [3.63, 3.8) is 0 Å². The smallest absolute Gasteiger partial charge is 0.211 e. The molecule has 5 nitrogen and oxygen atoms in total. The fraction of sp³-hybridized carbons (Fsp3) is 0.625. The van der Waals surface area contributed by atoms with Crippen LogP contribution in [0.4, 0.5) is 0 Å². The molecule has 1 aliphatic rings. The zero-order valence-corrected chi connectivity index (χ0v) is 14.7. The van der Waals surface area contributed by atoms with Crippen LogP contribution in [-0.4, -0.2) is 37.7 Å². The number of hydrogen-bond acceptors (Lipinski definition) is 4. The number of hydrogen-bond donors (Lipinski definition) is 0. The van der Waals surface area contributed by atoms with Crippen LogP contribution in [0.1, 0.15) is 45.7 Å². The van der Waals surface area contributed by atoms with E-state index in [2.05, 4.69) is 0 Å². The summed E-state index contributed by atoms with van der Waals surface area (Å²) in [6.07, 6.45) is 1.86. The van der Waals surface area contributed by atoms with Crippen molar-refractivity contribution in [1.29, 1.82) is 0 Å². The molecule has 0 bridgehead atoms. The maximum absolute atomic E-state index is 12.1. The number of rotatable bonds is 5. The Kier molecular flexibility index (Phi) is 4.73. The predicted molar refractivity (Wildman–Crippen MR) is 86.9 cm³/mol. The molecule has 0 N–H and O–H groups in total. The Bertz CT molecular complexity index is 640. The number of sulfonamides is 1. The van der Waals surface area contributed by atoms with Gasteiger partial charge in [0, 0.05) is 18.5 Å². The second-order valence-corrected chi connectivity index (χ2v) is 8.12. The molecule has 0 amide bonds. The zero-order valence-electron chi connectivity index (χ0n) is 13.9. The van der Waals surface area contributed by atoms with Crippen LogP contribution in [-0.2, 0) is 10.0 Å². The van der Waals surface area contributed by atoms with Crippen LogP contribution >= 0.6 is 0 Å². The van der Waals surface area contributed by atoms with E-state index in [1.165, 1.54) is 10.6 Å². The molecule has 1 aliphatic heterocycles. The van der Waals surface area contributed by atoms with Crippen LogP contribution < -0.4 is 9.47 Å². The van der Waals surface area contributed by atoms with Crippen LogP contribution in [0.15, 0.2) is 18.2 Å². The minimum absolute atomic E-state index is 0.237. The molecular formula is C16H25NO4S. The van der Waals surface area contributed by atoms with Crippen molar-refractivity contribution >= 4 is 10.0 Å². The van der Waals surface area contributed by atoms with Gasteiger partial charge in [0.25, 0.3) is 0 Å². The van der Waals surface area contributed by atoms with E-state index in [1.54, 1.807) is 0 Å². The summed E-state index contributed by atoms with van der Waals surface area (Å²) in [5, 5.41) is 0. The molecule has 0 fully saturated rings. The first-order chi connectivity index (χ1) is 10.2. The van der Waals surface area contributed by atoms with Crippen molar-refractivity contribution in [2.24, 2.45) is 0 Å². The lowest BCUT2D eigenvalue weighted by Crippen LogP contribution is -2.43. The maximum atomic E-state index is 12.1. The molecule has 1 heterocycles. The topological polar surface area (TPSA) is 55.8 Å². The molecule has 124 valence electrons. The number of ether oxygens (including phenoxy) is 2. The van der Waals surface area contributed by atoms with Gasteiger partial charge >= 0.3 is 0 Å². The quantitative estimate of drug-likeness (QED) is 0.834. The van der Waals surface area contributed by atoms with Gasteiger partial charge in [-0.25, -0.2) is 8.42 Å². The maximum Gasteiger partial charge on any atom is 0.211 e. The fourth-order valence-electron chi connectivity index (χ4n) is 2.99. The van der Waals surface area contributed by atoms with Gasteiger partial charge in [-0.1, -0.05) is 6.92 Å². The molecule has 0 saturated carbocycles. The van der Waals surface area contributed by atoms with E-state index in [0.717, 1.165) is 17.1 Å². The SMILES string of the molecule is CCOc1ccc2c(c1)C(N(CC)S(C)(=O)=O)CC(C)(C)O2. The Morgan fingerprint density at radius 1 is 1.36 bits per heavy atom. The van der Waals surface area contributed by atoms with E-state index in [4.69, 9.17) is 9.47 Å². The van der Waals surface area contributed by atoms with E-state index in [9.17, 15) is 8.42 Å². The minimum atomic E-state index is -3.30. The molecule has 1 aromatic carbocycles. The first-order valence-electron chi connectivity index (χ1n) is 7.60. The highest BCUT2D eigenvalue weighted by Gasteiger charge is 2.39. The molecular weight excluding hydrogens is 302 g/mol. The fourth-order valence-corrected chi connectivity index (χ4v) is 4.11. The van der Waals surface area contributed by atoms with Crippen molar-refractivity contribution in [3.05, 3.63) is 23.8 Å². The van der Waals surface area contributed by atoms with Crippen LogP contribution in [0.5, 0.6) is 11.5 Å². The highest BCUT2D eigenvalue weighted by Crippen LogP contribution is 2.44. The van der Waals surface area contributed by atoms with Gasteiger partial charge in [-0.2, -0.15) is 4.31 Å². The Morgan fingerprint density at radius 2 is 2.05 bits per heavy atom. The van der Waals surface area contributed by atoms with E-state index in [-0.39, 0.29) is 6.04 Å². The summed E-state index contributed by atoms with van der Waals surface area (Å²) in [4.78, 5) is 0. The monoisotopic (exact) mass is 327 g/mol. The number of fused-ring (bicyclic) bond motifs is 1. The summed E-state index contributed by atoms with van der Waals surface area (Å²) in [6, 6.07) is 5.38. The molecule has 22 heavy (non-hydrogen) atoms. The Morgan fingerprint density at radius 3 is 2.59 bits per heavy atom. The minimum Gasteiger partial charge on any atom is -0.494 e. The molecule has 1 aromatic rings. The van der Waals surface area contributed by atoms with Gasteiger partial charge in [-0.3, -0.25) is 0 Å². The molecule has 1 atom stereocenters. The van der Waals surface area contributed by atoms with Crippen molar-refractivity contribution in [2.45, 2.75) is 45.8 Å². The molecule has 0 radical (unpaired) electrons. The lowest BCUT2D eigenvalue weighted by Gasteiger charge is -2.41. The highest BCUT2D eigenvalue weighted by molar-refractivity contribution is 7.88. The predicted octanol–water partition coefficient (Wildman–Crippen LogP) is 2.97. The highest BCUT2D eigenvalue weighted by atomic mass is 32.2. The van der Waals surface area contributed by atoms with Crippen LogP contribution in [0.2, 0.25) is 0 Å². The van der Waals surface area contributed by atoms with E-state index >= 15 is 0 Å². The van der Waals surface area contributed by atoms with E-state index in [1.807, 2.05) is 45.9 Å². The van der Waals surface area contributed by atoms with Gasteiger partial charge in [-0.05, 0) is 39.0 Å². The second-order valence-electron chi connectivity index (χ2n) is 6.18. The molecule has 0 aliphatic carbocycles. The number of benzene rings is 1. The van der Waals surface area contributed by atoms with Crippen molar-refractivity contribution in [3.8, 4) is 11.5 Å². The van der Waals surface area contributed by atoms with Crippen LogP contribution in [0, 0.1) is 0 Å². The Hall–Kier alpha value is -1.27. The first kappa shape index (κ1) is 17.1. The molecule has 0 spiro atoms. The normalized spacial score (nSPS) is 20.4.